The second-order valence-corrected chi connectivity index (χ2v) is 4.15. The monoisotopic (exact) mass is 229 g/mol. The summed E-state index contributed by atoms with van der Waals surface area (Å²) in [5, 5.41) is 0. The van der Waals surface area contributed by atoms with E-state index in [4.69, 9.17) is 11.6 Å². The van der Waals surface area contributed by atoms with E-state index in [-0.39, 0.29) is 0 Å². The molecule has 0 radical (unpaired) electrons. The number of nitrogens with zero attached hydrogens (tertiary/aromatic N) is 1. The molecule has 1 aliphatic rings. The van der Waals surface area contributed by atoms with E-state index < -0.39 is 12.7 Å². The predicted octanol–water partition coefficient (Wildman–Crippen LogP) is 2.89. The summed E-state index contributed by atoms with van der Waals surface area (Å²) in [6.07, 6.45) is -1.49. The fourth-order valence-electron chi connectivity index (χ4n) is 1.79. The standard InChI is InChI=1S/C9H15ClF3N/c10-6-8-2-1-4-14(5-3-8)7-9(11,12)13/h8H,1-7H2. The smallest absolute Gasteiger partial charge is 0.295 e. The van der Waals surface area contributed by atoms with Gasteiger partial charge in [0.05, 0.1) is 6.54 Å². The van der Waals surface area contributed by atoms with Crippen LogP contribution in [-0.2, 0) is 0 Å². The van der Waals surface area contributed by atoms with Crippen LogP contribution in [0.5, 0.6) is 0 Å². The summed E-state index contributed by atoms with van der Waals surface area (Å²) < 4.78 is 36.3. The minimum absolute atomic E-state index is 0.398. The van der Waals surface area contributed by atoms with Crippen LogP contribution < -0.4 is 0 Å². The van der Waals surface area contributed by atoms with Gasteiger partial charge in [0.2, 0.25) is 0 Å². The highest BCUT2D eigenvalue weighted by Crippen LogP contribution is 2.22. The van der Waals surface area contributed by atoms with Crippen molar-refractivity contribution in [2.45, 2.75) is 25.4 Å². The molecule has 1 aliphatic heterocycles. The summed E-state index contributed by atoms with van der Waals surface area (Å²) in [5.41, 5.74) is 0. The maximum Gasteiger partial charge on any atom is 0.401 e. The highest BCUT2D eigenvalue weighted by Gasteiger charge is 2.31. The van der Waals surface area contributed by atoms with Crippen LogP contribution in [0.1, 0.15) is 19.3 Å². The molecule has 0 N–H and O–H groups in total. The number of hydrogen-bond donors (Lipinski definition) is 0. The van der Waals surface area contributed by atoms with E-state index in [1.807, 2.05) is 0 Å². The lowest BCUT2D eigenvalue weighted by Gasteiger charge is -2.21. The molecule has 0 aromatic heterocycles. The first-order chi connectivity index (χ1) is 6.51. The van der Waals surface area contributed by atoms with Gasteiger partial charge in [0, 0.05) is 5.88 Å². The quantitative estimate of drug-likeness (QED) is 0.659. The first kappa shape index (κ1) is 12.1. The van der Waals surface area contributed by atoms with Gasteiger partial charge in [-0.25, -0.2) is 0 Å². The molecule has 5 heteroatoms. The van der Waals surface area contributed by atoms with Crippen molar-refractivity contribution < 1.29 is 13.2 Å². The second kappa shape index (κ2) is 5.21. The molecule has 0 aromatic rings. The summed E-state index contributed by atoms with van der Waals surface area (Å²) in [7, 11) is 0. The van der Waals surface area contributed by atoms with Gasteiger partial charge in [0.15, 0.2) is 0 Å². The van der Waals surface area contributed by atoms with E-state index in [1.165, 1.54) is 4.90 Å². The summed E-state index contributed by atoms with van der Waals surface area (Å²) in [6, 6.07) is 0. The van der Waals surface area contributed by atoms with Crippen LogP contribution in [0.25, 0.3) is 0 Å². The van der Waals surface area contributed by atoms with Crippen LogP contribution in [-0.4, -0.2) is 36.6 Å². The van der Waals surface area contributed by atoms with Crippen molar-refractivity contribution in [2.75, 3.05) is 25.5 Å². The van der Waals surface area contributed by atoms with Gasteiger partial charge >= 0.3 is 6.18 Å². The Morgan fingerprint density at radius 1 is 1.21 bits per heavy atom. The first-order valence-corrected chi connectivity index (χ1v) is 5.40. The Bertz CT molecular complexity index is 172. The molecule has 1 saturated heterocycles. The Labute approximate surface area is 87.2 Å². The molecule has 0 spiro atoms. The maximum atomic E-state index is 12.1. The van der Waals surface area contributed by atoms with Crippen molar-refractivity contribution in [3.8, 4) is 0 Å². The van der Waals surface area contributed by atoms with E-state index >= 15 is 0 Å². The zero-order valence-electron chi connectivity index (χ0n) is 7.99. The SMILES string of the molecule is FC(F)(F)CN1CCCC(CCl)CC1. The van der Waals surface area contributed by atoms with Crippen molar-refractivity contribution in [1.29, 1.82) is 0 Å². The van der Waals surface area contributed by atoms with Crippen LogP contribution in [0.3, 0.4) is 0 Å². The van der Waals surface area contributed by atoms with E-state index in [2.05, 4.69) is 0 Å². The molecule has 0 aliphatic carbocycles. The molecular weight excluding hydrogens is 215 g/mol. The minimum Gasteiger partial charge on any atom is -0.295 e. The zero-order chi connectivity index (χ0) is 10.6. The molecule has 1 atom stereocenters. The Balaban J connectivity index is 2.34. The second-order valence-electron chi connectivity index (χ2n) is 3.84. The Kier molecular flexibility index (Phi) is 4.51. The van der Waals surface area contributed by atoms with Gasteiger partial charge in [-0.3, -0.25) is 4.90 Å². The van der Waals surface area contributed by atoms with Crippen LogP contribution in [0.15, 0.2) is 0 Å². The van der Waals surface area contributed by atoms with Gasteiger partial charge in [0.25, 0.3) is 0 Å². The lowest BCUT2D eigenvalue weighted by atomic mass is 10.0. The van der Waals surface area contributed by atoms with Gasteiger partial charge in [-0.15, -0.1) is 11.6 Å². The normalized spacial score (nSPS) is 26.1. The van der Waals surface area contributed by atoms with Gasteiger partial charge in [-0.1, -0.05) is 0 Å². The molecule has 0 saturated carbocycles. The molecule has 0 aromatic carbocycles. The first-order valence-electron chi connectivity index (χ1n) is 4.86. The largest absolute Gasteiger partial charge is 0.401 e. The van der Waals surface area contributed by atoms with E-state index in [0.717, 1.165) is 19.3 Å². The molecule has 1 unspecified atom stereocenters. The van der Waals surface area contributed by atoms with Gasteiger partial charge < -0.3 is 0 Å². The average Bonchev–Trinajstić information content (AvgIpc) is 2.27. The van der Waals surface area contributed by atoms with Gasteiger partial charge in [-0.05, 0) is 38.3 Å². The highest BCUT2D eigenvalue weighted by molar-refractivity contribution is 6.18. The molecule has 1 fully saturated rings. The van der Waals surface area contributed by atoms with E-state index in [1.54, 1.807) is 0 Å². The summed E-state index contributed by atoms with van der Waals surface area (Å²) in [6.45, 7) is 0.297. The van der Waals surface area contributed by atoms with Crippen molar-refractivity contribution >= 4 is 11.6 Å². The third kappa shape index (κ3) is 4.51. The molecular formula is C9H15ClF3N. The zero-order valence-corrected chi connectivity index (χ0v) is 8.74. The van der Waals surface area contributed by atoms with Crippen LogP contribution in [0.2, 0.25) is 0 Å². The molecule has 0 amide bonds. The number of halogens is 4. The van der Waals surface area contributed by atoms with Crippen LogP contribution in [0.4, 0.5) is 13.2 Å². The third-order valence-corrected chi connectivity index (χ3v) is 3.00. The highest BCUT2D eigenvalue weighted by atomic mass is 35.5. The summed E-state index contributed by atoms with van der Waals surface area (Å²) >= 11 is 5.69. The number of hydrogen-bond acceptors (Lipinski definition) is 1. The summed E-state index contributed by atoms with van der Waals surface area (Å²) in [5.74, 6) is 0.967. The fraction of sp³-hybridized carbons (Fsp3) is 1.00. The van der Waals surface area contributed by atoms with Crippen molar-refractivity contribution in [3.05, 3.63) is 0 Å². The predicted molar refractivity (Wildman–Crippen MR) is 50.6 cm³/mol. The average molecular weight is 230 g/mol. The van der Waals surface area contributed by atoms with E-state index in [0.29, 0.717) is 24.9 Å². The molecule has 1 nitrogen and oxygen atoms in total. The van der Waals surface area contributed by atoms with Crippen molar-refractivity contribution in [1.82, 2.24) is 4.90 Å². The molecule has 14 heavy (non-hydrogen) atoms. The molecule has 1 heterocycles. The molecule has 0 bridgehead atoms. The Morgan fingerprint density at radius 2 is 1.93 bits per heavy atom. The van der Waals surface area contributed by atoms with Crippen LogP contribution >= 0.6 is 11.6 Å². The molecule has 1 rings (SSSR count). The fourth-order valence-corrected chi connectivity index (χ4v) is 2.10. The topological polar surface area (TPSA) is 3.24 Å². The summed E-state index contributed by atoms with van der Waals surface area (Å²) in [4.78, 5) is 1.48. The van der Waals surface area contributed by atoms with E-state index in [9.17, 15) is 13.2 Å². The molecule has 84 valence electrons. The lowest BCUT2D eigenvalue weighted by molar-refractivity contribution is -0.145. The van der Waals surface area contributed by atoms with Gasteiger partial charge in [0.1, 0.15) is 0 Å². The van der Waals surface area contributed by atoms with Gasteiger partial charge in [-0.2, -0.15) is 13.2 Å². The Hall–Kier alpha value is 0.0400. The Morgan fingerprint density at radius 3 is 2.50 bits per heavy atom. The number of alkyl halides is 4. The minimum atomic E-state index is -4.07. The number of rotatable bonds is 2. The van der Waals surface area contributed by atoms with Crippen LogP contribution in [0, 0.1) is 5.92 Å². The number of likely N-dealkylation sites (tertiary alicyclic amines) is 1. The van der Waals surface area contributed by atoms with Crippen molar-refractivity contribution in [3.63, 3.8) is 0 Å². The maximum absolute atomic E-state index is 12.1. The third-order valence-electron chi connectivity index (χ3n) is 2.56. The van der Waals surface area contributed by atoms with Crippen molar-refractivity contribution in [2.24, 2.45) is 5.92 Å². The lowest BCUT2D eigenvalue weighted by Crippen LogP contribution is -2.34.